The second-order valence-electron chi connectivity index (χ2n) is 13.9. The van der Waals surface area contributed by atoms with E-state index >= 15 is 4.39 Å². The van der Waals surface area contributed by atoms with Gasteiger partial charge in [-0.1, -0.05) is 25.1 Å². The summed E-state index contributed by atoms with van der Waals surface area (Å²) in [6.07, 6.45) is -1.90. The molecular formula is C36H39B2F6N7O2S. The van der Waals surface area contributed by atoms with Crippen molar-refractivity contribution in [3.63, 3.8) is 0 Å². The number of nitrogen functional groups attached to an aromatic ring is 1. The largest absolute Gasteiger partial charge is 0.467 e. The Morgan fingerprint density at radius 1 is 1.22 bits per heavy atom. The first kappa shape index (κ1) is 40.9. The summed E-state index contributed by atoms with van der Waals surface area (Å²) in [4.78, 5) is 23.2. The van der Waals surface area contributed by atoms with E-state index in [0.717, 1.165) is 37.7 Å². The van der Waals surface area contributed by atoms with E-state index in [1.54, 1.807) is 13.0 Å². The Balaban J connectivity index is 0.000000215. The Morgan fingerprint density at radius 3 is 2.48 bits per heavy atom. The fourth-order valence-electron chi connectivity index (χ4n) is 7.11. The van der Waals surface area contributed by atoms with Crippen LogP contribution < -0.4 is 15.8 Å². The number of hydrogen-bond acceptors (Lipinski definition) is 9. The Hall–Kier alpha value is -4.23. The maximum absolute atomic E-state index is 15.9. The van der Waals surface area contributed by atoms with Crippen LogP contribution in [0.3, 0.4) is 0 Å². The van der Waals surface area contributed by atoms with E-state index < -0.39 is 45.8 Å². The summed E-state index contributed by atoms with van der Waals surface area (Å²) in [5.41, 5.74) is 2.59. The van der Waals surface area contributed by atoms with Gasteiger partial charge >= 0.3 is 12.2 Å². The maximum atomic E-state index is 15.9. The molecule has 284 valence electrons. The zero-order chi connectivity index (χ0) is 39.7. The molecule has 1 amide bonds. The third-order valence-electron chi connectivity index (χ3n) is 9.44. The van der Waals surface area contributed by atoms with Gasteiger partial charge in [-0.25, -0.2) is 13.2 Å². The van der Waals surface area contributed by atoms with Crippen molar-refractivity contribution in [1.82, 2.24) is 19.8 Å². The number of anilines is 2. The van der Waals surface area contributed by atoms with Crippen LogP contribution in [0.5, 0.6) is 6.01 Å². The van der Waals surface area contributed by atoms with Crippen molar-refractivity contribution in [2.45, 2.75) is 70.1 Å². The highest BCUT2D eigenvalue weighted by molar-refractivity contribution is 7.23. The number of carbonyl (C=O) groups is 1. The summed E-state index contributed by atoms with van der Waals surface area (Å²) >= 11 is 0.698. The summed E-state index contributed by atoms with van der Waals surface area (Å²) in [7, 11) is 12.7. The molecule has 2 atom stereocenters. The van der Waals surface area contributed by atoms with Crippen molar-refractivity contribution in [1.29, 1.82) is 5.26 Å². The number of carbonyl (C=O) groups excluding carboxylic acids is 1. The van der Waals surface area contributed by atoms with Crippen LogP contribution >= 0.6 is 11.3 Å². The molecule has 3 fully saturated rings. The number of amides is 1. The molecule has 7 rings (SSSR count). The highest BCUT2D eigenvalue weighted by Gasteiger charge is 2.42. The van der Waals surface area contributed by atoms with E-state index in [2.05, 4.69) is 20.2 Å². The number of alkyl halides is 4. The quantitative estimate of drug-likeness (QED) is 0.161. The van der Waals surface area contributed by atoms with Crippen LogP contribution in [0.1, 0.15) is 57.6 Å². The van der Waals surface area contributed by atoms with Crippen molar-refractivity contribution in [2.75, 3.05) is 50.9 Å². The van der Waals surface area contributed by atoms with Crippen molar-refractivity contribution in [2.24, 2.45) is 5.92 Å². The predicted molar refractivity (Wildman–Crippen MR) is 199 cm³/mol. The number of methoxy groups -OCH3 is 1. The first-order valence-corrected chi connectivity index (χ1v) is 18.3. The van der Waals surface area contributed by atoms with E-state index in [0.29, 0.717) is 42.8 Å². The molecule has 18 heteroatoms. The number of nitrogens with zero attached hydrogens (tertiary/aromatic N) is 5. The van der Waals surface area contributed by atoms with Gasteiger partial charge in [-0.3, -0.25) is 9.69 Å². The van der Waals surface area contributed by atoms with Gasteiger partial charge in [0.2, 0.25) is 5.91 Å². The predicted octanol–water partition coefficient (Wildman–Crippen LogP) is 7.22. The zero-order valence-corrected chi connectivity index (χ0v) is 31.1. The first-order chi connectivity index (χ1) is 25.4. The van der Waals surface area contributed by atoms with Crippen LogP contribution in [-0.4, -0.2) is 93.4 Å². The molecule has 5 heterocycles. The molecular weight excluding hydrogens is 730 g/mol. The van der Waals surface area contributed by atoms with E-state index in [-0.39, 0.29) is 55.9 Å². The molecule has 2 unspecified atom stereocenters. The van der Waals surface area contributed by atoms with Gasteiger partial charge in [0.25, 0.3) is 0 Å². The Labute approximate surface area is 316 Å². The third kappa shape index (κ3) is 8.52. The van der Waals surface area contributed by atoms with Crippen molar-refractivity contribution in [3.8, 4) is 23.2 Å². The summed E-state index contributed by atoms with van der Waals surface area (Å²) in [6, 6.07) is 4.44. The van der Waals surface area contributed by atoms with E-state index in [1.807, 2.05) is 18.7 Å². The number of halogens is 6. The average molecular weight is 769 g/mol. The van der Waals surface area contributed by atoms with Gasteiger partial charge in [0.15, 0.2) is 5.82 Å². The minimum atomic E-state index is -5.00. The molecule has 0 aliphatic carbocycles. The molecule has 2 aromatic carbocycles. The lowest BCUT2D eigenvalue weighted by molar-refractivity contribution is -0.137. The molecule has 0 spiro atoms. The van der Waals surface area contributed by atoms with Gasteiger partial charge in [0, 0.05) is 54.5 Å². The third-order valence-corrected chi connectivity index (χ3v) is 10.5. The minimum absolute atomic E-state index is 0.0444. The van der Waals surface area contributed by atoms with Crippen LogP contribution in [0.2, 0.25) is 5.21 Å². The number of nitriles is 1. The first-order valence-electron chi connectivity index (χ1n) is 17.5. The van der Waals surface area contributed by atoms with Gasteiger partial charge in [-0.2, -0.15) is 28.4 Å². The summed E-state index contributed by atoms with van der Waals surface area (Å²) in [5, 5.41) is 11.2. The Morgan fingerprint density at radius 2 is 1.91 bits per heavy atom. The fourth-order valence-corrected chi connectivity index (χ4v) is 8.06. The summed E-state index contributed by atoms with van der Waals surface area (Å²) in [6.45, 7) is 9.04. The molecule has 3 aliphatic rings. The van der Waals surface area contributed by atoms with Crippen LogP contribution in [0.25, 0.3) is 32.1 Å². The van der Waals surface area contributed by atoms with Gasteiger partial charge < -0.3 is 20.7 Å². The number of rotatable bonds is 5. The molecule has 2 aromatic heterocycles. The maximum Gasteiger partial charge on any atom is 0.417 e. The van der Waals surface area contributed by atoms with Crippen LogP contribution in [0, 0.1) is 28.9 Å². The number of hydrogen-bond donors (Lipinski definition) is 2. The number of thiophene rings is 1. The topological polar surface area (TPSA) is 120 Å². The molecule has 9 nitrogen and oxygen atoms in total. The van der Waals surface area contributed by atoms with Gasteiger partial charge in [-0.05, 0) is 56.8 Å². The smallest absolute Gasteiger partial charge is 0.417 e. The van der Waals surface area contributed by atoms with Gasteiger partial charge in [0.1, 0.15) is 34.4 Å². The Kier molecular flexibility index (Phi) is 12.3. The fraction of sp³-hybridized carbons (Fsp3) is 0.500. The molecule has 0 bridgehead atoms. The molecule has 3 saturated heterocycles. The van der Waals surface area contributed by atoms with E-state index in [1.165, 1.54) is 20.0 Å². The van der Waals surface area contributed by atoms with Gasteiger partial charge in [-0.15, -0.1) is 11.3 Å². The normalized spacial score (nSPS) is 19.3. The number of fused-ring (bicyclic) bond motifs is 3. The molecule has 54 heavy (non-hydrogen) atoms. The lowest BCUT2D eigenvalue weighted by atomic mass is 9.53. The SMILES string of the molecule is CC(C)C(=O)N1CCCC1.CCNc1nc(OC)nc2c(F)c(-c3ccc(F)c4sc(N)c(C#N)c34)c(C(F)(F)F)cc12.[B]C1([B])CC2CC(F)CN2C1. The minimum Gasteiger partial charge on any atom is -0.467 e. The van der Waals surface area contributed by atoms with Gasteiger partial charge in [0.05, 0.1) is 38.6 Å². The van der Waals surface area contributed by atoms with Crippen LogP contribution in [-0.2, 0) is 11.0 Å². The standard InChI is InChI=1S/C21H14F5N5OS.C8H15NO.C7H10B2FN/c1-3-29-19-9-6-11(21(24,25)26)14(15(23)16(9)30-20(31-19)32-2)8-4-5-12(22)17-13(8)10(7-27)18(28)33-17;1-7(2)8(10)9-5-3-4-6-9;8-7(9)2-6-1-5(10)3-11(6)4-7/h4-6H,3,28H2,1-2H3,(H,29,30,31);7H,3-6H2,1-2H3;5-6H,1-4H2. The molecule has 4 radical (unpaired) electrons. The second kappa shape index (κ2) is 16.2. The number of likely N-dealkylation sites (tertiary alicyclic amines) is 1. The number of nitrogens with two attached hydrogens (primary N) is 1. The second-order valence-corrected chi connectivity index (χ2v) is 14.9. The van der Waals surface area contributed by atoms with E-state index in [9.17, 15) is 32.0 Å². The lowest BCUT2D eigenvalue weighted by Gasteiger charge is -2.18. The zero-order valence-electron chi connectivity index (χ0n) is 30.3. The average Bonchev–Trinajstić information content (AvgIpc) is 3.88. The van der Waals surface area contributed by atoms with Crippen LogP contribution in [0.15, 0.2) is 18.2 Å². The number of nitrogens with one attached hydrogen (secondary N) is 1. The highest BCUT2D eigenvalue weighted by Crippen LogP contribution is 2.48. The summed E-state index contributed by atoms with van der Waals surface area (Å²) < 4.78 is 90.4. The Bertz CT molecular complexity index is 2050. The molecule has 4 aromatic rings. The van der Waals surface area contributed by atoms with E-state index in [4.69, 9.17) is 26.2 Å². The lowest BCUT2D eigenvalue weighted by Crippen LogP contribution is -2.31. The summed E-state index contributed by atoms with van der Waals surface area (Å²) in [5.74, 6) is -1.66. The van der Waals surface area contributed by atoms with Crippen molar-refractivity contribution >= 4 is 64.7 Å². The molecule has 3 N–H and O–H groups in total. The number of aromatic nitrogens is 2. The number of ether oxygens (including phenoxy) is 1. The van der Waals surface area contributed by atoms with Crippen LogP contribution in [0.4, 0.5) is 37.2 Å². The monoisotopic (exact) mass is 769 g/mol. The molecule has 3 aliphatic heterocycles. The van der Waals surface area contributed by atoms with Crippen molar-refractivity contribution in [3.05, 3.63) is 41.0 Å². The molecule has 0 saturated carbocycles. The van der Waals surface area contributed by atoms with Crippen molar-refractivity contribution < 1.29 is 35.9 Å². The highest BCUT2D eigenvalue weighted by atomic mass is 32.1. The number of benzene rings is 2.